The summed E-state index contributed by atoms with van der Waals surface area (Å²) in [5.74, 6) is 0. The van der Waals surface area contributed by atoms with Crippen molar-refractivity contribution < 1.29 is 18.0 Å². The minimum Gasteiger partial charge on any atom is -0.331 e. The number of halogens is 1. The van der Waals surface area contributed by atoms with E-state index in [0.29, 0.717) is 11.4 Å². The predicted molar refractivity (Wildman–Crippen MR) is 115 cm³/mol. The molecule has 0 aliphatic rings. The number of carbonyl (C=O) groups excluding carboxylic acids is 2. The fourth-order valence-corrected chi connectivity index (χ4v) is 4.79. The molecule has 0 spiro atoms. The minimum atomic E-state index is -3.76. The fraction of sp³-hybridized carbons (Fsp3) is 0.312. The highest BCUT2D eigenvalue weighted by Crippen LogP contribution is 2.34. The van der Waals surface area contributed by atoms with Gasteiger partial charge in [0.05, 0.1) is 0 Å². The van der Waals surface area contributed by atoms with Crippen molar-refractivity contribution in [2.45, 2.75) is 4.21 Å². The molecule has 13 heteroatoms. The van der Waals surface area contributed by atoms with E-state index in [0.717, 1.165) is 20.5 Å². The number of thiazole rings is 1. The molecule has 1 heterocycles. The van der Waals surface area contributed by atoms with Crippen LogP contribution in [0.3, 0.4) is 0 Å². The third-order valence-electron chi connectivity index (χ3n) is 3.65. The number of amides is 4. The second-order valence-electron chi connectivity index (χ2n) is 6.25. The third kappa shape index (κ3) is 5.35. The zero-order valence-corrected chi connectivity index (χ0v) is 18.8. The van der Waals surface area contributed by atoms with E-state index >= 15 is 0 Å². The van der Waals surface area contributed by atoms with E-state index in [4.69, 9.17) is 11.6 Å². The van der Waals surface area contributed by atoms with Gasteiger partial charge >= 0.3 is 12.1 Å². The zero-order valence-electron chi connectivity index (χ0n) is 16.4. The number of aromatic nitrogens is 1. The Morgan fingerprint density at radius 1 is 0.966 bits per heavy atom. The second-order valence-corrected chi connectivity index (χ2v) is 9.94. The number of carbonyl (C=O) groups is 2. The van der Waals surface area contributed by atoms with Gasteiger partial charge in [-0.05, 0) is 24.3 Å². The van der Waals surface area contributed by atoms with Crippen LogP contribution in [0.25, 0.3) is 0 Å². The van der Waals surface area contributed by atoms with E-state index in [1.54, 1.807) is 38.4 Å². The number of hydrogen-bond acceptors (Lipinski definition) is 6. The Hall–Kier alpha value is -2.41. The monoisotopic (exact) mass is 460 g/mol. The molecule has 4 amide bonds. The lowest BCUT2D eigenvalue weighted by molar-refractivity contribution is 0.230. The average Bonchev–Trinajstić information content (AvgIpc) is 3.04. The molecular formula is C16H21ClN6O4S2. The number of nitrogens with zero attached hydrogens (tertiary/aromatic N) is 4. The molecular weight excluding hydrogens is 440 g/mol. The average molecular weight is 461 g/mol. The maximum atomic E-state index is 12.5. The Bertz CT molecular complexity index is 1000. The first-order valence-corrected chi connectivity index (χ1v) is 10.8. The van der Waals surface area contributed by atoms with Crippen LogP contribution < -0.4 is 15.5 Å². The Balaban J connectivity index is 2.11. The molecule has 0 saturated heterocycles. The summed E-state index contributed by atoms with van der Waals surface area (Å²) in [5, 5.41) is 5.28. The molecule has 0 unspecified atom stereocenters. The molecule has 1 aromatic heterocycles. The van der Waals surface area contributed by atoms with Gasteiger partial charge in [0.25, 0.3) is 10.0 Å². The highest BCUT2D eigenvalue weighted by molar-refractivity contribution is 7.91. The van der Waals surface area contributed by atoms with E-state index in [2.05, 4.69) is 15.6 Å². The van der Waals surface area contributed by atoms with Crippen LogP contribution in [0.2, 0.25) is 5.15 Å². The van der Waals surface area contributed by atoms with Crippen molar-refractivity contribution in [1.82, 2.24) is 14.2 Å². The minimum absolute atomic E-state index is 0.128. The summed E-state index contributed by atoms with van der Waals surface area (Å²) in [6.07, 6.45) is 0. The summed E-state index contributed by atoms with van der Waals surface area (Å²) in [4.78, 5) is 30.6. The molecule has 29 heavy (non-hydrogen) atoms. The molecule has 0 bridgehead atoms. The van der Waals surface area contributed by atoms with Crippen LogP contribution in [0.1, 0.15) is 0 Å². The SMILES string of the molecule is CN(C)C(=O)Nc1ccc(NC(=O)N(C)c2nc(Cl)c(S(=O)(=O)N(C)C)s2)cc1. The van der Waals surface area contributed by atoms with Crippen molar-refractivity contribution in [1.29, 1.82) is 0 Å². The number of benzene rings is 1. The zero-order chi connectivity index (χ0) is 21.9. The summed E-state index contributed by atoms with van der Waals surface area (Å²) < 4.78 is 25.4. The summed E-state index contributed by atoms with van der Waals surface area (Å²) >= 11 is 6.75. The smallest absolute Gasteiger partial charge is 0.327 e. The van der Waals surface area contributed by atoms with Crippen molar-refractivity contribution in [3.63, 3.8) is 0 Å². The lowest BCUT2D eigenvalue weighted by atomic mass is 10.3. The molecule has 1 aromatic carbocycles. The normalized spacial score (nSPS) is 11.3. The van der Waals surface area contributed by atoms with Crippen LogP contribution >= 0.6 is 22.9 Å². The summed E-state index contributed by atoms with van der Waals surface area (Å²) in [6.45, 7) is 0. The van der Waals surface area contributed by atoms with Crippen LogP contribution in [0, 0.1) is 0 Å². The van der Waals surface area contributed by atoms with Crippen molar-refractivity contribution in [2.75, 3.05) is 50.8 Å². The van der Waals surface area contributed by atoms with Gasteiger partial charge in [-0.3, -0.25) is 4.90 Å². The number of urea groups is 2. The topological polar surface area (TPSA) is 115 Å². The molecule has 10 nitrogen and oxygen atoms in total. The molecule has 158 valence electrons. The first-order chi connectivity index (χ1) is 13.4. The molecule has 2 N–H and O–H groups in total. The fourth-order valence-electron chi connectivity index (χ4n) is 1.91. The van der Waals surface area contributed by atoms with Crippen LogP contribution in [-0.4, -0.2) is 69.9 Å². The van der Waals surface area contributed by atoms with Crippen LogP contribution in [0.5, 0.6) is 0 Å². The van der Waals surface area contributed by atoms with Gasteiger partial charge in [0.1, 0.15) is 0 Å². The molecule has 0 fully saturated rings. The molecule has 0 aliphatic heterocycles. The van der Waals surface area contributed by atoms with Gasteiger partial charge in [-0.15, -0.1) is 0 Å². The number of sulfonamides is 1. The largest absolute Gasteiger partial charge is 0.331 e. The number of rotatable bonds is 5. The number of nitrogens with one attached hydrogen (secondary N) is 2. The molecule has 0 atom stereocenters. The van der Waals surface area contributed by atoms with Gasteiger partial charge in [-0.2, -0.15) is 0 Å². The Kier molecular flexibility index (Phi) is 7.06. The number of hydrogen-bond donors (Lipinski definition) is 2. The van der Waals surface area contributed by atoms with Crippen LogP contribution in [-0.2, 0) is 10.0 Å². The van der Waals surface area contributed by atoms with Gasteiger partial charge in [0.2, 0.25) is 0 Å². The Morgan fingerprint density at radius 2 is 1.45 bits per heavy atom. The Labute approximate surface area is 178 Å². The summed E-state index contributed by atoms with van der Waals surface area (Å²) in [7, 11) is 3.69. The van der Waals surface area contributed by atoms with Crippen molar-refractivity contribution >= 4 is 61.5 Å². The first-order valence-electron chi connectivity index (χ1n) is 8.15. The van der Waals surface area contributed by atoms with Gasteiger partial charge < -0.3 is 15.5 Å². The maximum Gasteiger partial charge on any atom is 0.327 e. The lowest BCUT2D eigenvalue weighted by Gasteiger charge is -2.15. The van der Waals surface area contributed by atoms with E-state index in [-0.39, 0.29) is 20.5 Å². The quantitative estimate of drug-likeness (QED) is 0.711. The molecule has 0 radical (unpaired) electrons. The maximum absolute atomic E-state index is 12.5. The summed E-state index contributed by atoms with van der Waals surface area (Å²) in [6, 6.07) is 5.71. The standard InChI is InChI=1S/C16H21ClN6O4S2/c1-21(2)14(24)18-10-6-8-11(9-7-10)19-15(25)23(5)16-20-12(17)13(28-16)29(26,27)22(3)4/h6-9H,1-5H3,(H,18,24)(H,19,25). The number of anilines is 3. The van der Waals surface area contributed by atoms with Crippen molar-refractivity contribution in [2.24, 2.45) is 0 Å². The second kappa shape index (κ2) is 8.95. The molecule has 0 aliphatic carbocycles. The van der Waals surface area contributed by atoms with Gasteiger partial charge in [0.15, 0.2) is 14.5 Å². The highest BCUT2D eigenvalue weighted by atomic mass is 35.5. The van der Waals surface area contributed by atoms with Crippen molar-refractivity contribution in [3.8, 4) is 0 Å². The molecule has 2 aromatic rings. The van der Waals surface area contributed by atoms with E-state index in [1.807, 2.05) is 0 Å². The molecule has 2 rings (SSSR count). The van der Waals surface area contributed by atoms with Gasteiger partial charge in [-0.25, -0.2) is 27.3 Å². The molecule has 0 saturated carbocycles. The van der Waals surface area contributed by atoms with E-state index in [9.17, 15) is 18.0 Å². The van der Waals surface area contributed by atoms with E-state index < -0.39 is 16.1 Å². The summed E-state index contributed by atoms with van der Waals surface area (Å²) in [5.41, 5.74) is 1.05. The highest BCUT2D eigenvalue weighted by Gasteiger charge is 2.27. The van der Waals surface area contributed by atoms with E-state index in [1.165, 1.54) is 26.0 Å². The van der Waals surface area contributed by atoms with Gasteiger partial charge in [-0.1, -0.05) is 22.9 Å². The van der Waals surface area contributed by atoms with Crippen LogP contribution in [0.15, 0.2) is 28.5 Å². The van der Waals surface area contributed by atoms with Crippen LogP contribution in [0.4, 0.5) is 26.1 Å². The Morgan fingerprint density at radius 3 is 1.90 bits per heavy atom. The predicted octanol–water partition coefficient (Wildman–Crippen LogP) is 2.81. The van der Waals surface area contributed by atoms with Crippen molar-refractivity contribution in [3.05, 3.63) is 29.4 Å². The first kappa shape index (κ1) is 22.9. The lowest BCUT2D eigenvalue weighted by Crippen LogP contribution is -2.31. The van der Waals surface area contributed by atoms with Gasteiger partial charge in [0, 0.05) is 46.6 Å². The third-order valence-corrected chi connectivity index (χ3v) is 7.58.